The van der Waals surface area contributed by atoms with Gasteiger partial charge in [0.1, 0.15) is 23.1 Å². The summed E-state index contributed by atoms with van der Waals surface area (Å²) in [6.07, 6.45) is 1.36. The zero-order valence-electron chi connectivity index (χ0n) is 13.8. The summed E-state index contributed by atoms with van der Waals surface area (Å²) in [5.41, 5.74) is 2.97. The van der Waals surface area contributed by atoms with Crippen LogP contribution < -0.4 is 10.2 Å². The number of ether oxygens (including phenoxy) is 1. The van der Waals surface area contributed by atoms with Gasteiger partial charge in [0.15, 0.2) is 6.61 Å². The molecular weight excluding hydrogens is 483 g/mol. The van der Waals surface area contributed by atoms with E-state index in [9.17, 15) is 9.18 Å². The molecule has 8 heteroatoms. The molecule has 1 amide bonds. The monoisotopic (exact) mass is 494 g/mol. The highest BCUT2D eigenvalue weighted by molar-refractivity contribution is 9.11. The smallest absolute Gasteiger partial charge is 0.277 e. The van der Waals surface area contributed by atoms with Crippen LogP contribution in [0.3, 0.4) is 0 Å². The first kappa shape index (κ1) is 19.3. The minimum atomic E-state index is -0.419. The average molecular weight is 496 g/mol. The molecule has 5 nitrogen and oxygen atoms in total. The SMILES string of the molecule is O=C(COc1ccc(Br)cc1Br)N/N=C/c1ccc(-c2cccc(F)c2)o1. The van der Waals surface area contributed by atoms with E-state index >= 15 is 0 Å². The number of carbonyl (C=O) groups excluding carboxylic acids is 1. The van der Waals surface area contributed by atoms with Crippen LogP contribution in [0.2, 0.25) is 0 Å². The standard InChI is InChI=1S/C19H13Br2FN2O3/c20-13-4-6-18(16(21)9-13)26-11-19(25)24-23-10-15-5-7-17(27-15)12-2-1-3-14(22)8-12/h1-10H,11H2,(H,24,25)/b23-10+. The second-order valence-electron chi connectivity index (χ2n) is 5.37. The molecule has 0 unspecified atom stereocenters. The first-order valence-electron chi connectivity index (χ1n) is 7.77. The van der Waals surface area contributed by atoms with E-state index in [1.165, 1.54) is 18.3 Å². The Hall–Kier alpha value is -2.45. The van der Waals surface area contributed by atoms with Crippen LogP contribution >= 0.6 is 31.9 Å². The maximum atomic E-state index is 13.3. The number of hydrogen-bond acceptors (Lipinski definition) is 4. The van der Waals surface area contributed by atoms with Gasteiger partial charge in [-0.2, -0.15) is 5.10 Å². The Morgan fingerprint density at radius 3 is 2.81 bits per heavy atom. The highest BCUT2D eigenvalue weighted by Crippen LogP contribution is 2.28. The number of furan rings is 1. The van der Waals surface area contributed by atoms with E-state index in [2.05, 4.69) is 42.4 Å². The van der Waals surface area contributed by atoms with Gasteiger partial charge in [0.2, 0.25) is 0 Å². The molecule has 1 heterocycles. The fourth-order valence-electron chi connectivity index (χ4n) is 2.15. The van der Waals surface area contributed by atoms with Crippen LogP contribution in [0.15, 0.2) is 73.1 Å². The number of carbonyl (C=O) groups is 1. The van der Waals surface area contributed by atoms with Crippen molar-refractivity contribution in [3.05, 3.63) is 75.1 Å². The van der Waals surface area contributed by atoms with Gasteiger partial charge >= 0.3 is 0 Å². The van der Waals surface area contributed by atoms with Crippen molar-refractivity contribution in [2.45, 2.75) is 0 Å². The molecule has 3 aromatic rings. The fourth-order valence-corrected chi connectivity index (χ4v) is 3.32. The van der Waals surface area contributed by atoms with Crippen molar-refractivity contribution in [3.63, 3.8) is 0 Å². The van der Waals surface area contributed by atoms with E-state index in [1.54, 1.807) is 30.3 Å². The van der Waals surface area contributed by atoms with E-state index in [0.29, 0.717) is 22.8 Å². The Balaban J connectivity index is 1.52. The number of amides is 1. The van der Waals surface area contributed by atoms with E-state index in [-0.39, 0.29) is 12.4 Å². The van der Waals surface area contributed by atoms with Gasteiger partial charge in [0, 0.05) is 10.0 Å². The largest absolute Gasteiger partial charge is 0.483 e. The van der Waals surface area contributed by atoms with Gasteiger partial charge < -0.3 is 9.15 Å². The summed E-state index contributed by atoms with van der Waals surface area (Å²) < 4.78 is 25.9. The summed E-state index contributed by atoms with van der Waals surface area (Å²) in [6, 6.07) is 14.8. The molecule has 0 radical (unpaired) electrons. The van der Waals surface area contributed by atoms with Gasteiger partial charge in [-0.3, -0.25) is 4.79 Å². The van der Waals surface area contributed by atoms with Crippen LogP contribution in [-0.4, -0.2) is 18.7 Å². The molecule has 0 saturated carbocycles. The third-order valence-electron chi connectivity index (χ3n) is 3.37. The maximum Gasteiger partial charge on any atom is 0.277 e. The molecule has 0 fully saturated rings. The molecular formula is C19H13Br2FN2O3. The number of halogens is 3. The lowest BCUT2D eigenvalue weighted by Gasteiger charge is -2.07. The molecule has 0 atom stereocenters. The van der Waals surface area contributed by atoms with Crippen molar-refractivity contribution in [1.82, 2.24) is 5.43 Å². The number of nitrogens with one attached hydrogen (secondary N) is 1. The Morgan fingerprint density at radius 1 is 1.19 bits per heavy atom. The summed E-state index contributed by atoms with van der Waals surface area (Å²) in [7, 11) is 0. The Kier molecular flexibility index (Phi) is 6.41. The Bertz CT molecular complexity index is 989. The number of hydrazone groups is 1. The van der Waals surface area contributed by atoms with Gasteiger partial charge in [-0.1, -0.05) is 28.1 Å². The molecule has 138 valence electrons. The predicted octanol–water partition coefficient (Wildman–Crippen LogP) is 5.14. The summed E-state index contributed by atoms with van der Waals surface area (Å²) in [5, 5.41) is 3.82. The summed E-state index contributed by atoms with van der Waals surface area (Å²) in [4.78, 5) is 11.8. The van der Waals surface area contributed by atoms with Crippen molar-refractivity contribution in [2.75, 3.05) is 6.61 Å². The summed E-state index contributed by atoms with van der Waals surface area (Å²) >= 11 is 6.70. The van der Waals surface area contributed by atoms with Crippen LogP contribution in [0.1, 0.15) is 5.76 Å². The molecule has 1 N–H and O–H groups in total. The van der Waals surface area contributed by atoms with Crippen LogP contribution in [0, 0.1) is 5.82 Å². The number of hydrogen-bond donors (Lipinski definition) is 1. The number of rotatable bonds is 6. The van der Waals surface area contributed by atoms with Gasteiger partial charge in [-0.25, -0.2) is 9.82 Å². The lowest BCUT2D eigenvalue weighted by atomic mass is 10.2. The summed E-state index contributed by atoms with van der Waals surface area (Å²) in [6.45, 7) is -0.190. The van der Waals surface area contributed by atoms with Crippen molar-refractivity contribution >= 4 is 44.0 Å². The first-order valence-corrected chi connectivity index (χ1v) is 9.35. The quantitative estimate of drug-likeness (QED) is 0.380. The van der Waals surface area contributed by atoms with Crippen LogP contribution in [0.5, 0.6) is 5.75 Å². The summed E-state index contributed by atoms with van der Waals surface area (Å²) in [5.74, 6) is 0.710. The van der Waals surface area contributed by atoms with Gasteiger partial charge in [0.25, 0.3) is 5.91 Å². The molecule has 0 saturated heterocycles. The molecule has 2 aromatic carbocycles. The van der Waals surface area contributed by atoms with E-state index in [0.717, 1.165) is 8.95 Å². The minimum absolute atomic E-state index is 0.190. The van der Waals surface area contributed by atoms with Gasteiger partial charge in [-0.15, -0.1) is 0 Å². The molecule has 0 aliphatic rings. The van der Waals surface area contributed by atoms with E-state index in [1.807, 2.05) is 12.1 Å². The second-order valence-corrected chi connectivity index (χ2v) is 7.14. The molecule has 0 spiro atoms. The minimum Gasteiger partial charge on any atom is -0.483 e. The Labute approximate surface area is 171 Å². The van der Waals surface area contributed by atoms with Crippen LogP contribution in [-0.2, 0) is 4.79 Å². The van der Waals surface area contributed by atoms with Crippen LogP contribution in [0.4, 0.5) is 4.39 Å². The number of nitrogens with zero attached hydrogens (tertiary/aromatic N) is 1. The zero-order chi connectivity index (χ0) is 19.2. The molecule has 0 aliphatic heterocycles. The van der Waals surface area contributed by atoms with Gasteiger partial charge in [-0.05, 0) is 58.4 Å². The number of benzene rings is 2. The average Bonchev–Trinajstić information content (AvgIpc) is 3.10. The van der Waals surface area contributed by atoms with E-state index < -0.39 is 5.91 Å². The third-order valence-corrected chi connectivity index (χ3v) is 4.48. The molecule has 3 rings (SSSR count). The molecule has 0 bridgehead atoms. The normalized spacial score (nSPS) is 10.9. The van der Waals surface area contributed by atoms with Crippen molar-refractivity contribution < 1.29 is 18.3 Å². The second kappa shape index (κ2) is 8.96. The molecule has 27 heavy (non-hydrogen) atoms. The van der Waals surface area contributed by atoms with E-state index in [4.69, 9.17) is 9.15 Å². The maximum absolute atomic E-state index is 13.3. The highest BCUT2D eigenvalue weighted by Gasteiger charge is 2.06. The Morgan fingerprint density at radius 2 is 2.04 bits per heavy atom. The third kappa shape index (κ3) is 5.51. The first-order chi connectivity index (χ1) is 13.0. The van der Waals surface area contributed by atoms with Crippen LogP contribution in [0.25, 0.3) is 11.3 Å². The zero-order valence-corrected chi connectivity index (χ0v) is 17.0. The lowest BCUT2D eigenvalue weighted by molar-refractivity contribution is -0.123. The highest BCUT2D eigenvalue weighted by atomic mass is 79.9. The topological polar surface area (TPSA) is 63.8 Å². The lowest BCUT2D eigenvalue weighted by Crippen LogP contribution is -2.24. The predicted molar refractivity (Wildman–Crippen MR) is 107 cm³/mol. The fraction of sp³-hybridized carbons (Fsp3) is 0.0526. The van der Waals surface area contributed by atoms with Crippen molar-refractivity contribution in [2.24, 2.45) is 5.10 Å². The van der Waals surface area contributed by atoms with Crippen molar-refractivity contribution in [3.8, 4) is 17.1 Å². The van der Waals surface area contributed by atoms with Gasteiger partial charge in [0.05, 0.1) is 10.7 Å². The molecule has 1 aromatic heterocycles. The van der Waals surface area contributed by atoms with Crippen molar-refractivity contribution in [1.29, 1.82) is 0 Å². The molecule has 0 aliphatic carbocycles.